The van der Waals surface area contributed by atoms with E-state index in [9.17, 15) is 9.59 Å². The van der Waals surface area contributed by atoms with Crippen molar-refractivity contribution in [3.05, 3.63) is 77.4 Å². The molecule has 0 amide bonds. The first-order valence-electron chi connectivity index (χ1n) is 10.9. The Balaban J connectivity index is 1.44. The molecule has 32 heavy (non-hydrogen) atoms. The maximum absolute atomic E-state index is 12.5. The number of carbonyl (C=O) groups is 2. The van der Waals surface area contributed by atoms with Crippen molar-refractivity contribution >= 4 is 22.7 Å². The molecule has 0 fully saturated rings. The maximum atomic E-state index is 12.5. The summed E-state index contributed by atoms with van der Waals surface area (Å²) in [5.74, 6) is -0.132. The number of ether oxygens (including phenoxy) is 2. The van der Waals surface area contributed by atoms with Crippen LogP contribution in [0.3, 0.4) is 0 Å². The molecule has 0 unspecified atom stereocenters. The Hall–Kier alpha value is -3.65. The standard InChI is InChI=1S/C27H27NO4/c1-20(29)31-16-6-4-2-3-5-7-21-8-11-23(12-9-21)27(30)32-26-15-14-24-17-22(19-28)10-13-25(24)18-26/h8-15,17-18H,2-7,16H2,1H3. The van der Waals surface area contributed by atoms with E-state index in [4.69, 9.17) is 14.7 Å². The Morgan fingerprint density at radius 1 is 0.844 bits per heavy atom. The maximum Gasteiger partial charge on any atom is 0.343 e. The van der Waals surface area contributed by atoms with Crippen LogP contribution in [0.5, 0.6) is 5.75 Å². The minimum Gasteiger partial charge on any atom is -0.466 e. The highest BCUT2D eigenvalue weighted by molar-refractivity contribution is 5.92. The largest absolute Gasteiger partial charge is 0.466 e. The van der Waals surface area contributed by atoms with Gasteiger partial charge in [0.2, 0.25) is 0 Å². The van der Waals surface area contributed by atoms with Crippen LogP contribution in [0.4, 0.5) is 0 Å². The average molecular weight is 430 g/mol. The number of esters is 2. The predicted octanol–water partition coefficient (Wildman–Crippen LogP) is 5.99. The number of benzene rings is 3. The first-order chi connectivity index (χ1) is 15.5. The molecular weight excluding hydrogens is 402 g/mol. The van der Waals surface area contributed by atoms with Gasteiger partial charge < -0.3 is 9.47 Å². The lowest BCUT2D eigenvalue weighted by Gasteiger charge is -2.07. The van der Waals surface area contributed by atoms with Crippen molar-refractivity contribution in [1.82, 2.24) is 0 Å². The molecule has 0 saturated heterocycles. The van der Waals surface area contributed by atoms with Crippen molar-refractivity contribution in [2.75, 3.05) is 6.61 Å². The van der Waals surface area contributed by atoms with Crippen molar-refractivity contribution in [2.45, 2.75) is 45.4 Å². The number of carbonyl (C=O) groups excluding carboxylic acids is 2. The molecule has 164 valence electrons. The molecule has 0 bridgehead atoms. The molecule has 0 atom stereocenters. The highest BCUT2D eigenvalue weighted by Gasteiger charge is 2.09. The highest BCUT2D eigenvalue weighted by Crippen LogP contribution is 2.23. The number of unbranched alkanes of at least 4 members (excludes halogenated alkanes) is 4. The van der Waals surface area contributed by atoms with Crippen LogP contribution in [0, 0.1) is 11.3 Å². The number of aryl methyl sites for hydroxylation is 1. The molecule has 0 N–H and O–H groups in total. The van der Waals surface area contributed by atoms with Gasteiger partial charge in [-0.25, -0.2) is 4.79 Å². The first-order valence-corrected chi connectivity index (χ1v) is 10.9. The van der Waals surface area contributed by atoms with Crippen molar-refractivity contribution in [3.8, 4) is 11.8 Å². The molecule has 5 heteroatoms. The second-order valence-corrected chi connectivity index (χ2v) is 7.78. The summed E-state index contributed by atoms with van der Waals surface area (Å²) < 4.78 is 10.5. The van der Waals surface area contributed by atoms with Gasteiger partial charge in [0.15, 0.2) is 0 Å². The van der Waals surface area contributed by atoms with E-state index in [2.05, 4.69) is 6.07 Å². The van der Waals surface area contributed by atoms with E-state index in [0.717, 1.165) is 49.3 Å². The molecule has 0 radical (unpaired) electrons. The fourth-order valence-corrected chi connectivity index (χ4v) is 3.51. The smallest absolute Gasteiger partial charge is 0.343 e. The minimum atomic E-state index is -0.391. The van der Waals surface area contributed by atoms with Gasteiger partial charge in [0.25, 0.3) is 0 Å². The van der Waals surface area contributed by atoms with E-state index in [1.165, 1.54) is 12.5 Å². The van der Waals surface area contributed by atoms with Gasteiger partial charge in [0, 0.05) is 6.92 Å². The SMILES string of the molecule is CC(=O)OCCCCCCCc1ccc(C(=O)Oc2ccc3cc(C#N)ccc3c2)cc1. The van der Waals surface area contributed by atoms with Crippen LogP contribution in [0.2, 0.25) is 0 Å². The molecule has 0 saturated carbocycles. The summed E-state index contributed by atoms with van der Waals surface area (Å²) in [4.78, 5) is 23.2. The van der Waals surface area contributed by atoms with Gasteiger partial charge in [-0.15, -0.1) is 0 Å². The van der Waals surface area contributed by atoms with E-state index >= 15 is 0 Å². The van der Waals surface area contributed by atoms with E-state index in [1.807, 2.05) is 30.3 Å². The highest BCUT2D eigenvalue weighted by atomic mass is 16.5. The van der Waals surface area contributed by atoms with Gasteiger partial charge in [0.1, 0.15) is 5.75 Å². The molecule has 0 aliphatic rings. The fraction of sp³-hybridized carbons (Fsp3) is 0.296. The Kier molecular flexibility index (Phi) is 8.39. The minimum absolute atomic E-state index is 0.218. The number of nitrogens with zero attached hydrogens (tertiary/aromatic N) is 1. The number of rotatable bonds is 10. The summed E-state index contributed by atoms with van der Waals surface area (Å²) in [5, 5.41) is 10.8. The van der Waals surface area contributed by atoms with E-state index in [-0.39, 0.29) is 5.97 Å². The zero-order valence-corrected chi connectivity index (χ0v) is 18.3. The van der Waals surface area contributed by atoms with Gasteiger partial charge in [-0.3, -0.25) is 4.79 Å². The Labute approximate surface area is 188 Å². The fourth-order valence-electron chi connectivity index (χ4n) is 3.51. The lowest BCUT2D eigenvalue weighted by molar-refractivity contribution is -0.141. The summed E-state index contributed by atoms with van der Waals surface area (Å²) in [6.45, 7) is 1.94. The number of nitriles is 1. The molecule has 3 rings (SSSR count). The summed E-state index contributed by atoms with van der Waals surface area (Å²) >= 11 is 0. The summed E-state index contributed by atoms with van der Waals surface area (Å²) in [6.07, 6.45) is 6.27. The van der Waals surface area contributed by atoms with Crippen LogP contribution in [0.1, 0.15) is 60.5 Å². The van der Waals surface area contributed by atoms with E-state index in [1.54, 1.807) is 30.3 Å². The van der Waals surface area contributed by atoms with Gasteiger partial charge >= 0.3 is 11.9 Å². The topological polar surface area (TPSA) is 76.4 Å². The molecule has 0 aliphatic carbocycles. The van der Waals surface area contributed by atoms with Crippen LogP contribution in [0.15, 0.2) is 60.7 Å². The zero-order valence-electron chi connectivity index (χ0n) is 18.3. The molecule has 0 aliphatic heterocycles. The van der Waals surface area contributed by atoms with Crippen molar-refractivity contribution in [2.24, 2.45) is 0 Å². The molecule has 3 aromatic rings. The number of hydrogen-bond acceptors (Lipinski definition) is 5. The van der Waals surface area contributed by atoms with Crippen LogP contribution in [0.25, 0.3) is 10.8 Å². The van der Waals surface area contributed by atoms with Crippen molar-refractivity contribution in [1.29, 1.82) is 5.26 Å². The molecule has 5 nitrogen and oxygen atoms in total. The van der Waals surface area contributed by atoms with E-state index in [0.29, 0.717) is 23.5 Å². The Bertz CT molecular complexity index is 1110. The van der Waals surface area contributed by atoms with Gasteiger partial charge in [0.05, 0.1) is 23.8 Å². The average Bonchev–Trinajstić information content (AvgIpc) is 2.80. The summed E-state index contributed by atoms with van der Waals surface area (Å²) in [5.41, 5.74) is 2.31. The molecule has 0 spiro atoms. The Morgan fingerprint density at radius 2 is 1.53 bits per heavy atom. The number of hydrogen-bond donors (Lipinski definition) is 0. The molecule has 3 aromatic carbocycles. The third-order valence-corrected chi connectivity index (χ3v) is 5.26. The monoisotopic (exact) mass is 429 g/mol. The lowest BCUT2D eigenvalue weighted by atomic mass is 10.0. The first kappa shape index (κ1) is 23.0. The molecule has 0 aromatic heterocycles. The zero-order chi connectivity index (χ0) is 22.8. The lowest BCUT2D eigenvalue weighted by Crippen LogP contribution is -2.08. The van der Waals surface area contributed by atoms with Crippen molar-refractivity contribution < 1.29 is 19.1 Å². The van der Waals surface area contributed by atoms with Gasteiger partial charge in [-0.05, 0) is 72.0 Å². The number of fused-ring (bicyclic) bond motifs is 1. The normalized spacial score (nSPS) is 10.5. The van der Waals surface area contributed by atoms with Gasteiger partial charge in [-0.2, -0.15) is 5.26 Å². The van der Waals surface area contributed by atoms with Crippen LogP contribution in [-0.4, -0.2) is 18.5 Å². The molecule has 0 heterocycles. The quantitative estimate of drug-likeness (QED) is 0.225. The summed E-state index contributed by atoms with van der Waals surface area (Å²) in [6, 6.07) is 20.5. The van der Waals surface area contributed by atoms with Crippen LogP contribution in [-0.2, 0) is 16.0 Å². The van der Waals surface area contributed by atoms with Crippen molar-refractivity contribution in [3.63, 3.8) is 0 Å². The van der Waals surface area contributed by atoms with Crippen LogP contribution < -0.4 is 4.74 Å². The third-order valence-electron chi connectivity index (χ3n) is 5.26. The van der Waals surface area contributed by atoms with Crippen LogP contribution >= 0.6 is 0 Å². The summed E-state index contributed by atoms with van der Waals surface area (Å²) in [7, 11) is 0. The third kappa shape index (κ3) is 6.95. The second kappa shape index (κ2) is 11.7. The molecular formula is C27H27NO4. The second-order valence-electron chi connectivity index (χ2n) is 7.78. The van der Waals surface area contributed by atoms with Gasteiger partial charge in [-0.1, -0.05) is 43.5 Å². The predicted molar refractivity (Wildman–Crippen MR) is 123 cm³/mol. The Morgan fingerprint density at radius 3 is 2.28 bits per heavy atom. The van der Waals surface area contributed by atoms with E-state index < -0.39 is 5.97 Å².